The maximum absolute atomic E-state index is 13.4. The SMILES string of the molecule is CCCC(CCBr)CNC(=O)Cc1c(F)cccc1F. The molecule has 1 atom stereocenters. The molecule has 0 fully saturated rings. The molecule has 1 amide bonds. The lowest BCUT2D eigenvalue weighted by molar-refractivity contribution is -0.120. The molecule has 0 aliphatic rings. The molecule has 2 nitrogen and oxygen atoms in total. The molecule has 0 saturated carbocycles. The molecule has 1 aromatic carbocycles. The van der Waals surface area contributed by atoms with Gasteiger partial charge in [0.2, 0.25) is 5.91 Å². The lowest BCUT2D eigenvalue weighted by Gasteiger charge is -2.15. The summed E-state index contributed by atoms with van der Waals surface area (Å²) in [4.78, 5) is 11.8. The minimum atomic E-state index is -0.675. The summed E-state index contributed by atoms with van der Waals surface area (Å²) in [5.74, 6) is -1.30. The monoisotopic (exact) mass is 347 g/mol. The molecule has 0 aromatic heterocycles. The fourth-order valence-electron chi connectivity index (χ4n) is 2.09. The smallest absolute Gasteiger partial charge is 0.224 e. The maximum Gasteiger partial charge on any atom is 0.224 e. The average Bonchev–Trinajstić information content (AvgIpc) is 2.41. The summed E-state index contributed by atoms with van der Waals surface area (Å²) in [7, 11) is 0. The second-order valence-electron chi connectivity index (χ2n) is 4.81. The number of rotatable bonds is 8. The first-order valence-electron chi connectivity index (χ1n) is 6.84. The highest BCUT2D eigenvalue weighted by Gasteiger charge is 2.14. The van der Waals surface area contributed by atoms with E-state index in [9.17, 15) is 13.6 Å². The Balaban J connectivity index is 2.51. The summed E-state index contributed by atoms with van der Waals surface area (Å²) < 4.78 is 26.8. The number of halogens is 3. The third-order valence-electron chi connectivity index (χ3n) is 3.20. The number of hydrogen-bond donors (Lipinski definition) is 1. The van der Waals surface area contributed by atoms with Crippen LogP contribution in [0.25, 0.3) is 0 Å². The van der Waals surface area contributed by atoms with Crippen LogP contribution < -0.4 is 5.32 Å². The first-order chi connectivity index (χ1) is 9.58. The summed E-state index contributed by atoms with van der Waals surface area (Å²) >= 11 is 3.39. The first-order valence-corrected chi connectivity index (χ1v) is 7.96. The van der Waals surface area contributed by atoms with Gasteiger partial charge in [0.15, 0.2) is 0 Å². The maximum atomic E-state index is 13.4. The molecule has 1 rings (SSSR count). The molecule has 0 aliphatic carbocycles. The van der Waals surface area contributed by atoms with E-state index in [-0.39, 0.29) is 17.9 Å². The Kier molecular flexibility index (Phi) is 7.73. The number of carbonyl (C=O) groups is 1. The second kappa shape index (κ2) is 9.06. The molecule has 0 saturated heterocycles. The zero-order valence-corrected chi connectivity index (χ0v) is 13.2. The fourth-order valence-corrected chi connectivity index (χ4v) is 2.74. The minimum Gasteiger partial charge on any atom is -0.356 e. The van der Waals surface area contributed by atoms with Crippen molar-refractivity contribution in [1.82, 2.24) is 5.32 Å². The molecule has 0 bridgehead atoms. The van der Waals surface area contributed by atoms with Crippen molar-refractivity contribution in [3.63, 3.8) is 0 Å². The number of nitrogens with one attached hydrogen (secondary N) is 1. The van der Waals surface area contributed by atoms with Crippen molar-refractivity contribution >= 4 is 21.8 Å². The molecule has 20 heavy (non-hydrogen) atoms. The van der Waals surface area contributed by atoms with E-state index in [0.717, 1.165) is 36.7 Å². The highest BCUT2D eigenvalue weighted by molar-refractivity contribution is 9.09. The van der Waals surface area contributed by atoms with Crippen LogP contribution in [0.3, 0.4) is 0 Å². The van der Waals surface area contributed by atoms with Crippen molar-refractivity contribution in [1.29, 1.82) is 0 Å². The van der Waals surface area contributed by atoms with E-state index in [0.29, 0.717) is 12.5 Å². The van der Waals surface area contributed by atoms with Gasteiger partial charge < -0.3 is 5.32 Å². The zero-order chi connectivity index (χ0) is 15.0. The van der Waals surface area contributed by atoms with E-state index in [4.69, 9.17) is 0 Å². The number of amides is 1. The van der Waals surface area contributed by atoms with Gasteiger partial charge in [0.25, 0.3) is 0 Å². The predicted molar refractivity (Wildman–Crippen MR) is 79.9 cm³/mol. The third-order valence-corrected chi connectivity index (χ3v) is 3.66. The van der Waals surface area contributed by atoms with Gasteiger partial charge >= 0.3 is 0 Å². The van der Waals surface area contributed by atoms with Crippen molar-refractivity contribution in [2.45, 2.75) is 32.6 Å². The summed E-state index contributed by atoms with van der Waals surface area (Å²) in [6.07, 6.45) is 2.79. The number of hydrogen-bond acceptors (Lipinski definition) is 1. The highest BCUT2D eigenvalue weighted by atomic mass is 79.9. The van der Waals surface area contributed by atoms with Gasteiger partial charge in [-0.1, -0.05) is 35.3 Å². The normalized spacial score (nSPS) is 12.2. The molecule has 5 heteroatoms. The van der Waals surface area contributed by atoms with Crippen LogP contribution in [0.4, 0.5) is 8.78 Å². The van der Waals surface area contributed by atoms with Crippen molar-refractivity contribution in [3.8, 4) is 0 Å². The average molecular weight is 348 g/mol. The summed E-state index contributed by atoms with van der Waals surface area (Å²) in [6, 6.07) is 3.62. The van der Waals surface area contributed by atoms with Gasteiger partial charge in [-0.2, -0.15) is 0 Å². The lowest BCUT2D eigenvalue weighted by atomic mass is 10.0. The van der Waals surface area contributed by atoms with Crippen molar-refractivity contribution < 1.29 is 13.6 Å². The Hall–Kier alpha value is -0.970. The van der Waals surface area contributed by atoms with E-state index < -0.39 is 11.6 Å². The van der Waals surface area contributed by atoms with Gasteiger partial charge in [-0.25, -0.2) is 8.78 Å². The standard InChI is InChI=1S/C15H20BrF2NO/c1-2-4-11(7-8-16)10-19-15(20)9-12-13(17)5-3-6-14(12)18/h3,5-6,11H,2,4,7-10H2,1H3,(H,19,20). The largest absolute Gasteiger partial charge is 0.356 e. The molecule has 0 aliphatic heterocycles. The van der Waals surface area contributed by atoms with Crippen LogP contribution in [0.5, 0.6) is 0 Å². The fraction of sp³-hybridized carbons (Fsp3) is 0.533. The summed E-state index contributed by atoms with van der Waals surface area (Å²) in [5, 5.41) is 3.65. The predicted octanol–water partition coefficient (Wildman–Crippen LogP) is 3.82. The van der Waals surface area contributed by atoms with E-state index in [1.54, 1.807) is 0 Å². The van der Waals surface area contributed by atoms with Crippen LogP contribution >= 0.6 is 15.9 Å². The van der Waals surface area contributed by atoms with Crippen molar-refractivity contribution in [3.05, 3.63) is 35.4 Å². The quantitative estimate of drug-likeness (QED) is 0.711. The van der Waals surface area contributed by atoms with Gasteiger partial charge in [-0.05, 0) is 30.9 Å². The third kappa shape index (κ3) is 5.57. The summed E-state index contributed by atoms with van der Waals surface area (Å²) in [5.41, 5.74) is -0.169. The number of carbonyl (C=O) groups excluding carboxylic acids is 1. The Morgan fingerprint density at radius 2 is 1.95 bits per heavy atom. The Labute approximate surface area is 127 Å². The van der Waals surface area contributed by atoms with Crippen LogP contribution in [0.1, 0.15) is 31.7 Å². The van der Waals surface area contributed by atoms with Gasteiger partial charge in [0.1, 0.15) is 11.6 Å². The Morgan fingerprint density at radius 3 is 2.50 bits per heavy atom. The van der Waals surface area contributed by atoms with Crippen LogP contribution in [-0.2, 0) is 11.2 Å². The molecule has 0 heterocycles. The van der Waals surface area contributed by atoms with E-state index in [1.165, 1.54) is 6.07 Å². The second-order valence-corrected chi connectivity index (χ2v) is 5.61. The van der Waals surface area contributed by atoms with Gasteiger partial charge in [-0.15, -0.1) is 0 Å². The Morgan fingerprint density at radius 1 is 1.30 bits per heavy atom. The molecule has 1 aromatic rings. The molecule has 112 valence electrons. The molecule has 1 N–H and O–H groups in total. The van der Waals surface area contributed by atoms with Gasteiger partial charge in [-0.3, -0.25) is 4.79 Å². The van der Waals surface area contributed by atoms with Gasteiger partial charge in [0.05, 0.1) is 6.42 Å². The zero-order valence-electron chi connectivity index (χ0n) is 11.6. The van der Waals surface area contributed by atoms with Crippen molar-refractivity contribution in [2.75, 3.05) is 11.9 Å². The number of benzene rings is 1. The number of alkyl halides is 1. The Bertz CT molecular complexity index is 414. The van der Waals surface area contributed by atoms with Gasteiger partial charge in [0, 0.05) is 17.4 Å². The first kappa shape index (κ1) is 17.1. The lowest BCUT2D eigenvalue weighted by Crippen LogP contribution is -2.31. The van der Waals surface area contributed by atoms with Crippen molar-refractivity contribution in [2.24, 2.45) is 5.92 Å². The highest BCUT2D eigenvalue weighted by Crippen LogP contribution is 2.14. The van der Waals surface area contributed by atoms with Crippen LogP contribution in [-0.4, -0.2) is 17.8 Å². The summed E-state index contributed by atoms with van der Waals surface area (Å²) in [6.45, 7) is 2.64. The van der Waals surface area contributed by atoms with Crippen LogP contribution in [0.15, 0.2) is 18.2 Å². The molecular formula is C15H20BrF2NO. The minimum absolute atomic E-state index is 0.169. The van der Waals surface area contributed by atoms with E-state index >= 15 is 0 Å². The molecule has 1 unspecified atom stereocenters. The van der Waals surface area contributed by atoms with Crippen LogP contribution in [0.2, 0.25) is 0 Å². The molecule has 0 spiro atoms. The molecule has 0 radical (unpaired) electrons. The van der Waals surface area contributed by atoms with Crippen LogP contribution in [0, 0.1) is 17.6 Å². The van der Waals surface area contributed by atoms with E-state index in [1.807, 2.05) is 0 Å². The topological polar surface area (TPSA) is 29.1 Å². The van der Waals surface area contributed by atoms with E-state index in [2.05, 4.69) is 28.2 Å². The molecular weight excluding hydrogens is 328 g/mol.